The van der Waals surface area contributed by atoms with Crippen LogP contribution in [0.2, 0.25) is 0 Å². The number of fused-ring (bicyclic) bond motifs is 5. The molecule has 12 rings (SSSR count). The summed E-state index contributed by atoms with van der Waals surface area (Å²) in [4.78, 5) is 35.8. The SMILES string of the molecule is C.CC(C)(C)Cc1cc(Br)c2c(c1)C(=O)CCC2.CC(C)(C)Cc1ccc2c(c1)C(=O)CCC2.CCc1cc(CC(C)(C)C)cc2c1CCCC2=N.CCc1cc(CC(C)(C)C)cc2c1CCCC2=O.CCc1cc(CC(C)(C)C)cc2c1CCCC2N.CN[C@@H](Cc1cc(F)cc(F)c1)[C@H]1CO1.O. The fraction of sp³-hybridized carbons (Fsp3) is 0.570. The molecule has 0 spiro atoms. The third-order valence-corrected chi connectivity index (χ3v) is 20.7. The Morgan fingerprint density at radius 2 is 0.865 bits per heavy atom. The highest BCUT2D eigenvalue weighted by Crippen LogP contribution is 2.37. The van der Waals surface area contributed by atoms with Crippen molar-refractivity contribution in [2.45, 2.75) is 304 Å². The first-order chi connectivity index (χ1) is 47.7. The zero-order valence-corrected chi connectivity index (χ0v) is 68.4. The van der Waals surface area contributed by atoms with E-state index in [1.807, 2.05) is 7.05 Å². The number of ether oxygens (including phenoxy) is 1. The molecule has 6 aromatic rings. The van der Waals surface area contributed by atoms with Crippen LogP contribution in [0.5, 0.6) is 0 Å². The van der Waals surface area contributed by atoms with Gasteiger partial charge in [0, 0.05) is 64.3 Å². The zero-order valence-electron chi connectivity index (χ0n) is 66.8. The molecule has 572 valence electrons. The highest BCUT2D eigenvalue weighted by Gasteiger charge is 2.32. The Morgan fingerprint density at radius 3 is 1.34 bits per heavy atom. The van der Waals surface area contributed by atoms with Crippen LogP contribution in [0.15, 0.2) is 89.4 Å². The first-order valence-corrected chi connectivity index (χ1v) is 39.6. The van der Waals surface area contributed by atoms with Crippen LogP contribution >= 0.6 is 15.9 Å². The Kier molecular flexibility index (Phi) is 33.1. The van der Waals surface area contributed by atoms with Gasteiger partial charge in [-0.25, -0.2) is 8.78 Å². The second kappa shape index (κ2) is 38.8. The molecule has 1 heterocycles. The number of hydrogen-bond donors (Lipinski definition) is 3. The second-order valence-electron chi connectivity index (χ2n) is 36.1. The van der Waals surface area contributed by atoms with Crippen molar-refractivity contribution in [1.82, 2.24) is 5.32 Å². The number of nitrogens with one attached hydrogen (secondary N) is 2. The number of likely N-dealkylation sites (N-methyl/N-ethyl adjacent to an activating group) is 1. The number of rotatable bonds is 12. The molecule has 1 aliphatic heterocycles. The molecule has 5 aliphatic carbocycles. The van der Waals surface area contributed by atoms with Gasteiger partial charge in [-0.15, -0.1) is 0 Å². The topological polar surface area (TPSA) is 157 Å². The molecule has 6 aromatic carbocycles. The summed E-state index contributed by atoms with van der Waals surface area (Å²) in [6, 6.07) is 28.6. The Labute approximate surface area is 636 Å². The highest BCUT2D eigenvalue weighted by atomic mass is 79.9. The highest BCUT2D eigenvalue weighted by molar-refractivity contribution is 9.10. The van der Waals surface area contributed by atoms with E-state index in [1.165, 1.54) is 103 Å². The monoisotopic (exact) mass is 1490 g/mol. The van der Waals surface area contributed by atoms with E-state index in [0.717, 1.165) is 168 Å². The lowest BCUT2D eigenvalue weighted by Gasteiger charge is -2.27. The number of carbonyl (C=O) groups is 3. The van der Waals surface area contributed by atoms with E-state index in [2.05, 4.69) is 213 Å². The van der Waals surface area contributed by atoms with E-state index < -0.39 is 11.6 Å². The number of ketones is 3. The van der Waals surface area contributed by atoms with Crippen molar-refractivity contribution in [3.05, 3.63) is 207 Å². The lowest BCUT2D eigenvalue weighted by atomic mass is 9.80. The number of carbonyl (C=O) groups excluding carboxylic acids is 3. The molecule has 0 aromatic heterocycles. The summed E-state index contributed by atoms with van der Waals surface area (Å²) in [5, 5.41) is 11.3. The minimum atomic E-state index is -0.531. The van der Waals surface area contributed by atoms with Gasteiger partial charge in [-0.3, -0.25) is 14.4 Å². The van der Waals surface area contributed by atoms with Gasteiger partial charge < -0.3 is 26.7 Å². The minimum Gasteiger partial charge on any atom is -0.412 e. The maximum Gasteiger partial charge on any atom is 0.163 e. The molecule has 6 aliphatic rings. The summed E-state index contributed by atoms with van der Waals surface area (Å²) in [7, 11) is 1.82. The summed E-state index contributed by atoms with van der Waals surface area (Å²) in [6.07, 6.45) is 24.6. The number of aryl methyl sites for hydroxylation is 4. The van der Waals surface area contributed by atoms with Crippen LogP contribution in [0.25, 0.3) is 0 Å². The molecule has 0 saturated carbocycles. The summed E-state index contributed by atoms with van der Waals surface area (Å²) in [5.74, 6) is -0.0745. The van der Waals surface area contributed by atoms with Gasteiger partial charge in [-0.05, 0) is 300 Å². The smallest absolute Gasteiger partial charge is 0.163 e. The molecule has 104 heavy (non-hydrogen) atoms. The Morgan fingerprint density at radius 1 is 0.481 bits per heavy atom. The van der Waals surface area contributed by atoms with Gasteiger partial charge in [0.05, 0.1) is 12.7 Å². The second-order valence-corrected chi connectivity index (χ2v) is 37.0. The van der Waals surface area contributed by atoms with Crippen molar-refractivity contribution in [3.8, 4) is 0 Å². The molecule has 1 saturated heterocycles. The van der Waals surface area contributed by atoms with Gasteiger partial charge in [0.2, 0.25) is 0 Å². The van der Waals surface area contributed by atoms with Crippen LogP contribution in [0.1, 0.15) is 322 Å². The van der Waals surface area contributed by atoms with Gasteiger partial charge in [0.15, 0.2) is 17.3 Å². The Bertz CT molecular complexity index is 3770. The lowest BCUT2D eigenvalue weighted by Crippen LogP contribution is -2.33. The van der Waals surface area contributed by atoms with E-state index in [0.29, 0.717) is 46.6 Å². The van der Waals surface area contributed by atoms with Gasteiger partial charge in [0.25, 0.3) is 0 Å². The van der Waals surface area contributed by atoms with Gasteiger partial charge in [0.1, 0.15) is 11.6 Å². The molecule has 11 heteroatoms. The van der Waals surface area contributed by atoms with Gasteiger partial charge in [-0.2, -0.15) is 0 Å². The predicted molar refractivity (Wildman–Crippen MR) is 438 cm³/mol. The predicted octanol–water partition coefficient (Wildman–Crippen LogP) is 22.7. The van der Waals surface area contributed by atoms with Crippen molar-refractivity contribution < 1.29 is 33.4 Å². The van der Waals surface area contributed by atoms with Gasteiger partial charge >= 0.3 is 0 Å². The van der Waals surface area contributed by atoms with E-state index in [9.17, 15) is 23.2 Å². The summed E-state index contributed by atoms with van der Waals surface area (Å²) < 4.78 is 32.1. The first kappa shape index (κ1) is 88.8. The molecule has 0 bridgehead atoms. The quantitative estimate of drug-likeness (QED) is 0.104. The minimum absolute atomic E-state index is 0. The molecular weight excluding hydrogens is 1360 g/mol. The van der Waals surface area contributed by atoms with Crippen molar-refractivity contribution in [3.63, 3.8) is 0 Å². The average Bonchev–Trinajstić information content (AvgIpc) is 0.966. The van der Waals surface area contributed by atoms with Crippen molar-refractivity contribution in [1.29, 1.82) is 5.41 Å². The summed E-state index contributed by atoms with van der Waals surface area (Å²) in [5.41, 5.74) is 32.8. The van der Waals surface area contributed by atoms with Crippen LogP contribution in [0, 0.1) is 44.1 Å². The average molecular weight is 1490 g/mol. The third kappa shape index (κ3) is 27.8. The number of epoxide rings is 1. The summed E-state index contributed by atoms with van der Waals surface area (Å²) in [6.45, 7) is 41.3. The number of halogens is 3. The number of hydrogen-bond acceptors (Lipinski definition) is 7. The number of nitrogens with two attached hydrogens (primary N) is 1. The molecule has 6 N–H and O–H groups in total. The Balaban J connectivity index is 0.000000224. The van der Waals surface area contributed by atoms with E-state index in [-0.39, 0.29) is 47.3 Å². The molecule has 8 nitrogen and oxygen atoms in total. The van der Waals surface area contributed by atoms with Crippen LogP contribution in [0.4, 0.5) is 8.78 Å². The normalized spacial score (nSPS) is 17.0. The maximum absolute atomic E-state index is 12.9. The molecule has 3 atom stereocenters. The first-order valence-electron chi connectivity index (χ1n) is 38.8. The van der Waals surface area contributed by atoms with Crippen LogP contribution in [-0.2, 0) is 94.6 Å². The lowest BCUT2D eigenvalue weighted by molar-refractivity contribution is 0.0964. The van der Waals surface area contributed by atoms with E-state index in [4.69, 9.17) is 15.9 Å². The fourth-order valence-electron chi connectivity index (χ4n) is 15.6. The standard InChI is InChI=1S/C17H27N.C17H25N.C17H24O.C15H19BrO.C15H20O.C11H13F2NO.CH4.H2O/c3*1-5-13-9-12(11-17(2,3)4)10-15-14(13)7-6-8-16(15)18;1-15(2,3)9-10-7-12-11(13(16)8-10)5-4-6-14(12)17;1-15(2,3)10-11-7-8-12-5-4-6-14(16)13(12)9-11;1-14-10(11-6-15-11)4-7-2-8(12)5-9(13)3-7;;/h9-10,16H,5-8,11,18H2,1-4H3;9-10,18H,5-8,11H2,1-4H3;9-10H,5-8,11H2,1-4H3;7-8H,4-6,9H2,1-3H3;7-9H,4-6,10H2,1-3H3;2-3,5,10-11,14H,4,6H2,1H3;1H4;1H2/t;;;;;10-,11+;;/m.....0../s1. The number of Topliss-reactive ketones (excluding diaryl/α,β-unsaturated/α-hetero) is 3. The largest absolute Gasteiger partial charge is 0.412 e. The Hall–Kier alpha value is -5.82. The molecule has 0 radical (unpaired) electrons. The maximum atomic E-state index is 12.9. The van der Waals surface area contributed by atoms with Crippen LogP contribution in [0.3, 0.4) is 0 Å². The zero-order chi connectivity index (χ0) is 75.2. The summed E-state index contributed by atoms with van der Waals surface area (Å²) >= 11 is 3.62. The molecule has 1 unspecified atom stereocenters. The molecular formula is C93H134BrF2N3O5. The van der Waals surface area contributed by atoms with Crippen molar-refractivity contribution in [2.24, 2.45) is 32.8 Å². The van der Waals surface area contributed by atoms with Gasteiger partial charge in [-0.1, -0.05) is 184 Å². The van der Waals surface area contributed by atoms with E-state index in [1.54, 1.807) is 5.56 Å². The molecule has 0 amide bonds. The van der Waals surface area contributed by atoms with Crippen LogP contribution in [-0.4, -0.2) is 54.3 Å². The van der Waals surface area contributed by atoms with Crippen LogP contribution < -0.4 is 11.1 Å². The number of benzene rings is 6. The van der Waals surface area contributed by atoms with E-state index >= 15 is 0 Å². The molecule has 1 fully saturated rings. The van der Waals surface area contributed by atoms with Crippen molar-refractivity contribution >= 4 is 39.0 Å². The third-order valence-electron chi connectivity index (χ3n) is 20.0. The van der Waals surface area contributed by atoms with Crippen molar-refractivity contribution in [2.75, 3.05) is 13.7 Å². The fourth-order valence-corrected chi connectivity index (χ4v) is 16.3.